The van der Waals surface area contributed by atoms with Gasteiger partial charge in [-0.1, -0.05) is 208 Å². The van der Waals surface area contributed by atoms with E-state index in [1.807, 2.05) is 328 Å². The molecule has 0 aliphatic rings. The molecule has 0 unspecified atom stereocenters. The number of aliphatic hydroxyl groups is 2. The Kier molecular flexibility index (Phi) is 53.6. The first kappa shape index (κ1) is 110. The molecule has 0 fully saturated rings. The zero-order valence-corrected chi connectivity index (χ0v) is 80.5. The fraction of sp³-hybridized carbons (Fsp3) is 0.0364. The van der Waals surface area contributed by atoms with Crippen LogP contribution < -0.4 is 0 Å². The summed E-state index contributed by atoms with van der Waals surface area (Å²) in [6.45, 7) is 0. The average molecular weight is 2460 g/mol. The molecule has 131 heavy (non-hydrogen) atoms. The van der Waals surface area contributed by atoms with E-state index in [9.17, 15) is 13.2 Å². The van der Waals surface area contributed by atoms with Crippen LogP contribution in [-0.2, 0) is 90.5 Å². The van der Waals surface area contributed by atoms with Gasteiger partial charge in [-0.2, -0.15) is 21.6 Å². The summed E-state index contributed by atoms with van der Waals surface area (Å²) in [5.74, 6) is 0. The van der Waals surface area contributed by atoms with Crippen LogP contribution in [0.3, 0.4) is 0 Å². The van der Waals surface area contributed by atoms with Crippen LogP contribution in [-0.4, -0.2) is 82.8 Å². The summed E-state index contributed by atoms with van der Waals surface area (Å²) < 4.78 is 57.5. The second-order valence-electron chi connectivity index (χ2n) is 25.7. The number of pyridine rings is 8. The number of aliphatic hydroxyl groups excluding tert-OH is 2. The summed E-state index contributed by atoms with van der Waals surface area (Å²) in [6, 6.07) is 160. The minimum Gasteiger partial charge on any atom is -0.400 e. The van der Waals surface area contributed by atoms with Gasteiger partial charge in [0, 0.05) is 150 Å². The molecule has 0 saturated heterocycles. The van der Waals surface area contributed by atoms with Crippen molar-refractivity contribution >= 4 is 10.1 Å². The van der Waals surface area contributed by atoms with Crippen molar-refractivity contribution in [3.63, 3.8) is 0 Å². The standard InChI is InChI=1S/C17H13N.2C17H12N.5C11H8N.CHF3O3S.2CH4O.CH4.4Ir/c3*1-2-7-14(8-3-1)15-9-6-10-16(13-15)17-11-4-5-12-18-17;5*1-2-6-10(7-3-1)11-8-4-5-9-12-11;2-1(3,4)8(5,6)7;2*1-2;;;;;/h1-13H;2*1-9,11-13H;5*1-6,8-9H;(H,5,6,7);2*2H,1H3;1H4;;;;/q;7*-1;;;;;;;;. The van der Waals surface area contributed by atoms with Crippen molar-refractivity contribution < 1.29 is 117 Å². The Morgan fingerprint density at radius 2 is 0.397 bits per heavy atom. The predicted octanol–water partition coefficient (Wildman–Crippen LogP) is 25.8. The maximum Gasteiger partial charge on any atom is 0.522 e. The molecule has 21 heteroatoms. The van der Waals surface area contributed by atoms with Gasteiger partial charge in [-0.05, 0) is 123 Å². The second-order valence-corrected chi connectivity index (χ2v) is 27.1. The Hall–Kier alpha value is -13.2. The van der Waals surface area contributed by atoms with Crippen LogP contribution in [0.4, 0.5) is 13.2 Å². The van der Waals surface area contributed by atoms with Gasteiger partial charge >= 0.3 is 15.6 Å². The summed E-state index contributed by atoms with van der Waals surface area (Å²) in [7, 11) is -3.84. The molecule has 19 rings (SSSR count). The van der Waals surface area contributed by atoms with E-state index in [0.29, 0.717) is 0 Å². The molecule has 13 nitrogen and oxygen atoms in total. The first-order chi connectivity index (χ1) is 61.9. The summed E-state index contributed by atoms with van der Waals surface area (Å²) in [4.78, 5) is 34.2. The number of aromatic nitrogens is 8. The summed E-state index contributed by atoms with van der Waals surface area (Å²) in [5, 5.41) is 14.0. The maximum atomic E-state index is 10.7. The SMILES string of the molecule is C.CO.CO.O=S(=O)(O)C(F)(F)F.[Ir].[Ir].[Ir].[Ir].[c-]1ccc(-c2ccccc2)cc1-c1ccccn1.[c-]1ccc(-c2ccccc2)cc1-c1ccccn1.[c-]1ccccc1-c1ccccn1.[c-]1ccccc1-c1ccccn1.[c-]1ccccc1-c1ccccn1.[c-]1ccccc1-c1ccccn1.[c-]1ccccc1-c1ccccn1.c1ccc(-c2cccc(-c3ccccn3)c2)cc1. The molecule has 8 heterocycles. The largest absolute Gasteiger partial charge is 0.522 e. The number of hydrogen-bond donors (Lipinski definition) is 3. The Balaban J connectivity index is 0.000000308. The van der Waals surface area contributed by atoms with Gasteiger partial charge in [0.15, 0.2) is 0 Å². The summed E-state index contributed by atoms with van der Waals surface area (Å²) in [6.07, 6.45) is 14.4. The fourth-order valence-corrected chi connectivity index (χ4v) is 11.3. The van der Waals surface area contributed by atoms with Crippen LogP contribution in [0.5, 0.6) is 0 Å². The van der Waals surface area contributed by atoms with Crippen molar-refractivity contribution in [1.82, 2.24) is 39.9 Å². The van der Waals surface area contributed by atoms with Crippen LogP contribution in [0.2, 0.25) is 0 Å². The number of nitrogens with zero attached hydrogens (tertiary/aromatic N) is 8. The Labute approximate surface area is 820 Å². The first-order valence-corrected chi connectivity index (χ1v) is 40.7. The fourth-order valence-electron chi connectivity index (χ4n) is 11.3. The Morgan fingerprint density at radius 1 is 0.214 bits per heavy atom. The van der Waals surface area contributed by atoms with Crippen LogP contribution >= 0.6 is 0 Å². The van der Waals surface area contributed by atoms with Gasteiger partial charge in [0.1, 0.15) is 0 Å². The van der Waals surface area contributed by atoms with Gasteiger partial charge in [-0.15, -0.1) is 250 Å². The molecule has 0 amide bonds. The minimum atomic E-state index is -5.84. The van der Waals surface area contributed by atoms with Crippen molar-refractivity contribution in [2.45, 2.75) is 12.9 Å². The molecule has 8 aromatic heterocycles. The molecule has 4 radical (unpaired) electrons. The zero-order chi connectivity index (χ0) is 88.8. The average Bonchev–Trinajstić information content (AvgIpc) is 0.840. The molecular formula is C110H90F3Ir4N8O5S-7. The van der Waals surface area contributed by atoms with Crippen LogP contribution in [0.25, 0.3) is 123 Å². The van der Waals surface area contributed by atoms with Crippen molar-refractivity contribution in [2.24, 2.45) is 0 Å². The second kappa shape index (κ2) is 63.7. The van der Waals surface area contributed by atoms with Crippen LogP contribution in [0.15, 0.2) is 468 Å². The van der Waals surface area contributed by atoms with Crippen molar-refractivity contribution in [2.75, 3.05) is 14.2 Å². The molecule has 0 aliphatic heterocycles. The molecule has 19 aromatic rings. The van der Waals surface area contributed by atoms with E-state index in [-0.39, 0.29) is 87.8 Å². The van der Waals surface area contributed by atoms with E-state index in [0.717, 1.165) is 104 Å². The number of alkyl halides is 3. The first-order valence-electron chi connectivity index (χ1n) is 39.3. The maximum absolute atomic E-state index is 10.7. The van der Waals surface area contributed by atoms with Gasteiger partial charge < -0.3 is 45.1 Å². The molecular weight excluding hydrogens is 2370 g/mol. The smallest absolute Gasteiger partial charge is 0.400 e. The van der Waals surface area contributed by atoms with Gasteiger partial charge in [0.05, 0.1) is 5.69 Å². The molecule has 0 bridgehead atoms. The third-order valence-electron chi connectivity index (χ3n) is 17.2. The number of rotatable bonds is 11. The van der Waals surface area contributed by atoms with E-state index in [1.165, 1.54) is 33.4 Å². The Morgan fingerprint density at radius 3 is 0.603 bits per heavy atom. The molecule has 670 valence electrons. The number of benzene rings is 11. The normalized spacial score (nSPS) is 9.59. The van der Waals surface area contributed by atoms with Crippen LogP contribution in [0.1, 0.15) is 7.43 Å². The minimum absolute atomic E-state index is 0. The summed E-state index contributed by atoms with van der Waals surface area (Å²) >= 11 is 0. The third-order valence-corrected chi connectivity index (χ3v) is 17.8. The predicted molar refractivity (Wildman–Crippen MR) is 506 cm³/mol. The molecule has 11 aromatic carbocycles. The van der Waals surface area contributed by atoms with E-state index < -0.39 is 15.6 Å². The van der Waals surface area contributed by atoms with Crippen molar-refractivity contribution in [3.8, 4) is 123 Å². The quantitative estimate of drug-likeness (QED) is 0.0629. The third kappa shape index (κ3) is 39.4. The topological polar surface area (TPSA) is 198 Å². The van der Waals surface area contributed by atoms with Gasteiger partial charge in [-0.25, -0.2) is 0 Å². The molecule has 0 atom stereocenters. The molecule has 3 N–H and O–H groups in total. The zero-order valence-electron chi connectivity index (χ0n) is 70.1. The molecule has 0 aliphatic carbocycles. The van der Waals surface area contributed by atoms with E-state index in [1.54, 1.807) is 43.4 Å². The van der Waals surface area contributed by atoms with E-state index >= 15 is 0 Å². The molecule has 0 saturated carbocycles. The number of hydrogen-bond acceptors (Lipinski definition) is 12. The number of halogens is 3. The molecule has 0 spiro atoms. The van der Waals surface area contributed by atoms with Crippen molar-refractivity contribution in [1.29, 1.82) is 0 Å². The van der Waals surface area contributed by atoms with Crippen LogP contribution in [0, 0.1) is 42.5 Å². The van der Waals surface area contributed by atoms with Gasteiger partial charge in [0.25, 0.3) is 0 Å². The van der Waals surface area contributed by atoms with Gasteiger partial charge in [0.2, 0.25) is 0 Å². The Bertz CT molecular complexity index is 5150. The van der Waals surface area contributed by atoms with Crippen molar-refractivity contribution in [3.05, 3.63) is 511 Å². The van der Waals surface area contributed by atoms with Gasteiger partial charge in [-0.3, -0.25) is 9.54 Å². The summed E-state index contributed by atoms with van der Waals surface area (Å²) in [5.41, 5.74) is 17.9. The van der Waals surface area contributed by atoms with E-state index in [2.05, 4.69) is 179 Å². The van der Waals surface area contributed by atoms with E-state index in [4.69, 9.17) is 23.2 Å². The monoisotopic (exact) mass is 2460 g/mol.